The van der Waals surface area contributed by atoms with Crippen LogP contribution in [0.4, 0.5) is 4.79 Å². The lowest BCUT2D eigenvalue weighted by Crippen LogP contribution is -2.35. The Bertz CT molecular complexity index is 1170. The number of carbonyl (C=O) groups excluding carboxylic acids is 3. The Morgan fingerprint density at radius 2 is 1.91 bits per heavy atom. The van der Waals surface area contributed by atoms with Crippen LogP contribution in [0.5, 0.6) is 11.5 Å². The molecule has 34 heavy (non-hydrogen) atoms. The van der Waals surface area contributed by atoms with Crippen LogP contribution in [0.15, 0.2) is 39.7 Å². The Balaban J connectivity index is 1.78. The van der Waals surface area contributed by atoms with E-state index in [9.17, 15) is 14.4 Å². The van der Waals surface area contributed by atoms with E-state index in [1.54, 1.807) is 50.3 Å². The second-order valence-corrected chi connectivity index (χ2v) is 10.0. The molecule has 180 valence electrons. The lowest BCUT2D eigenvalue weighted by molar-refractivity contribution is -0.149. The average molecular weight is 589 g/mol. The second kappa shape index (κ2) is 11.5. The van der Waals surface area contributed by atoms with E-state index in [4.69, 9.17) is 37.4 Å². The summed E-state index contributed by atoms with van der Waals surface area (Å²) in [6.07, 6.45) is 1.21. The van der Waals surface area contributed by atoms with Crippen molar-refractivity contribution >= 4 is 74.1 Å². The topological polar surface area (TPSA) is 82.1 Å². The first-order chi connectivity index (χ1) is 16.1. The molecule has 0 N–H and O–H groups in total. The smallest absolute Gasteiger partial charge is 0.326 e. The Morgan fingerprint density at radius 1 is 1.18 bits per heavy atom. The predicted octanol–water partition coefficient (Wildman–Crippen LogP) is 6.33. The molecule has 1 aliphatic heterocycles. The number of halogens is 3. The van der Waals surface area contributed by atoms with Gasteiger partial charge in [0.05, 0.1) is 32.6 Å². The molecule has 2 aromatic carbocycles. The van der Waals surface area contributed by atoms with Gasteiger partial charge < -0.3 is 14.2 Å². The summed E-state index contributed by atoms with van der Waals surface area (Å²) < 4.78 is 17.0. The summed E-state index contributed by atoms with van der Waals surface area (Å²) >= 11 is 16.2. The predicted molar refractivity (Wildman–Crippen MR) is 135 cm³/mol. The van der Waals surface area contributed by atoms with Crippen LogP contribution in [0.1, 0.15) is 25.0 Å². The first-order valence-corrected chi connectivity index (χ1v) is 12.3. The van der Waals surface area contributed by atoms with Crippen molar-refractivity contribution in [3.8, 4) is 11.5 Å². The fourth-order valence-corrected chi connectivity index (χ4v) is 4.70. The number of hydrogen-bond donors (Lipinski definition) is 0. The molecule has 0 atom stereocenters. The van der Waals surface area contributed by atoms with Gasteiger partial charge in [0.25, 0.3) is 11.1 Å². The van der Waals surface area contributed by atoms with E-state index in [1.165, 1.54) is 7.11 Å². The number of nitrogens with zero attached hydrogens (tertiary/aromatic N) is 1. The third-order valence-electron chi connectivity index (χ3n) is 4.44. The zero-order valence-corrected chi connectivity index (χ0v) is 22.3. The highest BCUT2D eigenvalue weighted by molar-refractivity contribution is 9.10. The Hall–Kier alpha value is -2.20. The highest BCUT2D eigenvalue weighted by Crippen LogP contribution is 2.39. The summed E-state index contributed by atoms with van der Waals surface area (Å²) in [5.41, 5.74) is 1.41. The quantitative estimate of drug-likeness (QED) is 0.263. The lowest BCUT2D eigenvalue weighted by atomic mass is 10.1. The minimum absolute atomic E-state index is 0.181. The summed E-state index contributed by atoms with van der Waals surface area (Å²) in [7, 11) is 1.49. The maximum atomic E-state index is 12.7. The summed E-state index contributed by atoms with van der Waals surface area (Å²) in [5, 5.41) is 0.342. The van der Waals surface area contributed by atoms with Crippen LogP contribution in [0.2, 0.25) is 10.0 Å². The molecular weight excluding hydrogens is 569 g/mol. The molecule has 0 aliphatic carbocycles. The number of amides is 2. The molecule has 1 saturated heterocycles. The van der Waals surface area contributed by atoms with Crippen molar-refractivity contribution in [2.24, 2.45) is 0 Å². The summed E-state index contributed by atoms with van der Waals surface area (Å²) in [6.45, 7) is 3.16. The molecule has 3 rings (SSSR count). The molecule has 0 spiro atoms. The molecule has 11 heteroatoms. The number of benzene rings is 2. The van der Waals surface area contributed by atoms with Crippen molar-refractivity contribution in [1.82, 2.24) is 4.90 Å². The number of imide groups is 1. The average Bonchev–Trinajstić information content (AvgIpc) is 3.01. The molecule has 0 bridgehead atoms. The summed E-state index contributed by atoms with van der Waals surface area (Å²) in [6, 6.07) is 8.61. The third kappa shape index (κ3) is 6.47. The molecule has 1 heterocycles. The van der Waals surface area contributed by atoms with Crippen molar-refractivity contribution in [2.45, 2.75) is 26.6 Å². The van der Waals surface area contributed by atoms with Crippen LogP contribution in [0, 0.1) is 0 Å². The summed E-state index contributed by atoms with van der Waals surface area (Å²) in [4.78, 5) is 37.9. The maximum Gasteiger partial charge on any atom is 0.326 e. The van der Waals surface area contributed by atoms with E-state index in [0.29, 0.717) is 31.6 Å². The molecule has 2 aromatic rings. The van der Waals surface area contributed by atoms with Crippen molar-refractivity contribution in [2.75, 3.05) is 13.7 Å². The first kappa shape index (κ1) is 26.4. The van der Waals surface area contributed by atoms with Gasteiger partial charge in [-0.05, 0) is 83.0 Å². The minimum atomic E-state index is -0.647. The molecule has 0 aromatic heterocycles. The number of esters is 1. The van der Waals surface area contributed by atoms with Gasteiger partial charge in [-0.1, -0.05) is 29.3 Å². The van der Waals surface area contributed by atoms with Gasteiger partial charge in [0.1, 0.15) is 13.2 Å². The van der Waals surface area contributed by atoms with E-state index in [1.807, 2.05) is 0 Å². The molecule has 1 aliphatic rings. The fraction of sp³-hybridized carbons (Fsp3) is 0.261. The number of methoxy groups -OCH3 is 1. The van der Waals surface area contributed by atoms with Gasteiger partial charge in [0.2, 0.25) is 0 Å². The molecule has 0 saturated carbocycles. The first-order valence-electron chi connectivity index (χ1n) is 9.98. The van der Waals surface area contributed by atoms with E-state index in [-0.39, 0.29) is 17.6 Å². The van der Waals surface area contributed by atoms with Crippen LogP contribution >= 0.6 is 50.9 Å². The molecule has 1 fully saturated rings. The van der Waals surface area contributed by atoms with Crippen molar-refractivity contribution in [3.05, 3.63) is 60.9 Å². The third-order valence-corrected chi connectivity index (χ3v) is 6.68. The zero-order chi connectivity index (χ0) is 25.0. The SMILES string of the molecule is COc1cc(/C=C2/SC(=O)N(CC(=O)OC(C)C)C2=O)cc(Br)c1OCc1ccc(Cl)c(Cl)c1. The van der Waals surface area contributed by atoms with Gasteiger partial charge in [-0.3, -0.25) is 19.3 Å². The number of thioether (sulfide) groups is 1. The van der Waals surface area contributed by atoms with Gasteiger partial charge in [0, 0.05) is 0 Å². The standard InChI is InChI=1S/C23H20BrCl2NO6S/c1-12(2)33-20(28)10-27-22(29)19(34-23(27)30)9-14-6-15(24)21(18(8-14)31-3)32-11-13-4-5-16(25)17(26)7-13/h4-9,12H,10-11H2,1-3H3/b19-9+. The largest absolute Gasteiger partial charge is 0.493 e. The number of hydrogen-bond acceptors (Lipinski definition) is 7. The zero-order valence-electron chi connectivity index (χ0n) is 18.4. The Kier molecular flexibility index (Phi) is 8.92. The van der Waals surface area contributed by atoms with E-state index < -0.39 is 23.7 Å². The van der Waals surface area contributed by atoms with E-state index >= 15 is 0 Å². The highest BCUT2D eigenvalue weighted by atomic mass is 79.9. The summed E-state index contributed by atoms with van der Waals surface area (Å²) in [5.74, 6) is -0.340. The maximum absolute atomic E-state index is 12.7. The van der Waals surface area contributed by atoms with Crippen molar-refractivity contribution in [3.63, 3.8) is 0 Å². The van der Waals surface area contributed by atoms with Crippen LogP contribution in [0.3, 0.4) is 0 Å². The fourth-order valence-electron chi connectivity index (χ4n) is 2.97. The Morgan fingerprint density at radius 3 is 2.56 bits per heavy atom. The lowest BCUT2D eigenvalue weighted by Gasteiger charge is -2.14. The van der Waals surface area contributed by atoms with E-state index in [2.05, 4.69) is 15.9 Å². The number of carbonyl (C=O) groups is 3. The molecule has 7 nitrogen and oxygen atoms in total. The molecule has 2 amide bonds. The Labute approximate surface area is 219 Å². The molecule has 0 radical (unpaired) electrons. The van der Waals surface area contributed by atoms with Gasteiger partial charge in [-0.25, -0.2) is 0 Å². The van der Waals surface area contributed by atoms with Crippen LogP contribution < -0.4 is 9.47 Å². The van der Waals surface area contributed by atoms with Gasteiger partial charge in [-0.15, -0.1) is 0 Å². The minimum Gasteiger partial charge on any atom is -0.493 e. The van der Waals surface area contributed by atoms with Crippen molar-refractivity contribution < 1.29 is 28.6 Å². The molecular formula is C23H20BrCl2NO6S. The van der Waals surface area contributed by atoms with Gasteiger partial charge in [0.15, 0.2) is 11.5 Å². The normalized spacial score (nSPS) is 14.8. The molecule has 0 unspecified atom stereocenters. The van der Waals surface area contributed by atoms with Crippen LogP contribution in [0.25, 0.3) is 6.08 Å². The van der Waals surface area contributed by atoms with Crippen LogP contribution in [-0.2, 0) is 20.9 Å². The van der Waals surface area contributed by atoms with Crippen molar-refractivity contribution in [1.29, 1.82) is 0 Å². The second-order valence-electron chi connectivity index (χ2n) is 7.38. The number of rotatable bonds is 8. The van der Waals surface area contributed by atoms with Gasteiger partial charge >= 0.3 is 5.97 Å². The highest BCUT2D eigenvalue weighted by Gasteiger charge is 2.36. The number of ether oxygens (including phenoxy) is 3. The monoisotopic (exact) mass is 587 g/mol. The van der Waals surface area contributed by atoms with Gasteiger partial charge in [-0.2, -0.15) is 0 Å². The van der Waals surface area contributed by atoms with E-state index in [0.717, 1.165) is 22.2 Å². The van der Waals surface area contributed by atoms with Crippen LogP contribution in [-0.4, -0.2) is 41.8 Å².